The molecule has 0 amide bonds. The van der Waals surface area contributed by atoms with Crippen LogP contribution >= 0.6 is 11.8 Å². The minimum absolute atomic E-state index is 0.287. The van der Waals surface area contributed by atoms with Gasteiger partial charge in [-0.25, -0.2) is 0 Å². The lowest BCUT2D eigenvalue weighted by Crippen LogP contribution is -2.15. The average Bonchev–Trinajstić information content (AvgIpc) is 3.12. The summed E-state index contributed by atoms with van der Waals surface area (Å²) in [5.74, 6) is 0.996. The number of nitrogens with one attached hydrogen (secondary N) is 1. The molecule has 0 aliphatic heterocycles. The second-order valence-corrected chi connectivity index (χ2v) is 5.84. The summed E-state index contributed by atoms with van der Waals surface area (Å²) in [6, 6.07) is 7.45. The normalized spacial score (nSPS) is 15.2. The fourth-order valence-corrected chi connectivity index (χ4v) is 2.69. The van der Waals surface area contributed by atoms with Crippen LogP contribution in [0.1, 0.15) is 30.4 Å². The molecule has 2 N–H and O–H groups in total. The van der Waals surface area contributed by atoms with Gasteiger partial charge in [-0.2, -0.15) is 0 Å². The first-order chi connectivity index (χ1) is 8.29. The Morgan fingerprint density at radius 3 is 2.88 bits per heavy atom. The number of hydrogen-bond donors (Lipinski definition) is 2. The van der Waals surface area contributed by atoms with Crippen LogP contribution in [-0.4, -0.2) is 23.5 Å². The van der Waals surface area contributed by atoms with Gasteiger partial charge in [0.1, 0.15) is 0 Å². The maximum absolute atomic E-state index is 8.75. The standard InChI is InChI=1S/C14H21NOS/c1-11-9-14(17-8-2-7-16)6-3-12(11)10-15-13-4-5-13/h3,6,9,13,15-16H,2,4-5,7-8,10H2,1H3. The van der Waals surface area contributed by atoms with Gasteiger partial charge >= 0.3 is 0 Å². The SMILES string of the molecule is Cc1cc(SCCCO)ccc1CNC1CC1. The number of rotatable bonds is 7. The van der Waals surface area contributed by atoms with E-state index in [9.17, 15) is 0 Å². The summed E-state index contributed by atoms with van der Waals surface area (Å²) >= 11 is 1.82. The van der Waals surface area contributed by atoms with Gasteiger partial charge in [0.2, 0.25) is 0 Å². The fraction of sp³-hybridized carbons (Fsp3) is 0.571. The molecular formula is C14H21NOS. The van der Waals surface area contributed by atoms with Crippen molar-refractivity contribution in [3.63, 3.8) is 0 Å². The lowest BCUT2D eigenvalue weighted by Gasteiger charge is -2.09. The summed E-state index contributed by atoms with van der Waals surface area (Å²) in [5, 5.41) is 12.3. The van der Waals surface area contributed by atoms with Crippen molar-refractivity contribution in [2.75, 3.05) is 12.4 Å². The first-order valence-corrected chi connectivity index (χ1v) is 7.34. The van der Waals surface area contributed by atoms with E-state index in [1.807, 2.05) is 11.8 Å². The van der Waals surface area contributed by atoms with Gasteiger partial charge < -0.3 is 10.4 Å². The molecule has 1 aromatic carbocycles. The summed E-state index contributed by atoms with van der Waals surface area (Å²) < 4.78 is 0. The van der Waals surface area contributed by atoms with E-state index in [2.05, 4.69) is 30.4 Å². The van der Waals surface area contributed by atoms with Crippen LogP contribution in [0.3, 0.4) is 0 Å². The molecule has 17 heavy (non-hydrogen) atoms. The molecule has 0 spiro atoms. The maximum Gasteiger partial charge on any atom is 0.0439 e. The monoisotopic (exact) mass is 251 g/mol. The van der Waals surface area contributed by atoms with Gasteiger partial charge in [0.25, 0.3) is 0 Å². The number of aryl methyl sites for hydroxylation is 1. The molecule has 1 aromatic rings. The van der Waals surface area contributed by atoms with Crippen LogP contribution < -0.4 is 5.32 Å². The van der Waals surface area contributed by atoms with E-state index in [4.69, 9.17) is 5.11 Å². The lowest BCUT2D eigenvalue weighted by atomic mass is 10.1. The van der Waals surface area contributed by atoms with Gasteiger partial charge in [0.05, 0.1) is 0 Å². The molecule has 0 radical (unpaired) electrons. The Balaban J connectivity index is 1.85. The molecule has 1 saturated carbocycles. The number of hydrogen-bond acceptors (Lipinski definition) is 3. The summed E-state index contributed by atoms with van der Waals surface area (Å²) in [5.41, 5.74) is 2.77. The van der Waals surface area contributed by atoms with Gasteiger partial charge in [0.15, 0.2) is 0 Å². The van der Waals surface area contributed by atoms with Crippen LogP contribution in [0, 0.1) is 6.92 Å². The molecule has 0 saturated heterocycles. The highest BCUT2D eigenvalue weighted by molar-refractivity contribution is 7.99. The quantitative estimate of drug-likeness (QED) is 0.577. The van der Waals surface area contributed by atoms with Gasteiger partial charge in [-0.05, 0) is 49.4 Å². The zero-order valence-electron chi connectivity index (χ0n) is 10.4. The smallest absolute Gasteiger partial charge is 0.0439 e. The average molecular weight is 251 g/mol. The van der Waals surface area contributed by atoms with Crippen LogP contribution in [0.15, 0.2) is 23.1 Å². The highest BCUT2D eigenvalue weighted by Crippen LogP contribution is 2.23. The molecule has 1 fully saturated rings. The van der Waals surface area contributed by atoms with E-state index in [1.54, 1.807) is 0 Å². The summed E-state index contributed by atoms with van der Waals surface area (Å²) in [4.78, 5) is 1.31. The summed E-state index contributed by atoms with van der Waals surface area (Å²) in [7, 11) is 0. The Hall–Kier alpha value is -0.510. The molecule has 2 nitrogen and oxygen atoms in total. The van der Waals surface area contributed by atoms with Crippen LogP contribution in [0.25, 0.3) is 0 Å². The number of aliphatic hydroxyl groups is 1. The molecule has 1 aliphatic carbocycles. The first-order valence-electron chi connectivity index (χ1n) is 6.36. The number of thioether (sulfide) groups is 1. The van der Waals surface area contributed by atoms with Gasteiger partial charge in [-0.3, -0.25) is 0 Å². The highest BCUT2D eigenvalue weighted by atomic mass is 32.2. The van der Waals surface area contributed by atoms with E-state index >= 15 is 0 Å². The third-order valence-electron chi connectivity index (χ3n) is 3.04. The van der Waals surface area contributed by atoms with E-state index in [0.717, 1.165) is 24.8 Å². The second-order valence-electron chi connectivity index (χ2n) is 4.67. The third-order valence-corrected chi connectivity index (χ3v) is 4.12. The molecule has 0 unspecified atom stereocenters. The van der Waals surface area contributed by atoms with E-state index < -0.39 is 0 Å². The minimum atomic E-state index is 0.287. The van der Waals surface area contributed by atoms with Crippen molar-refractivity contribution in [3.8, 4) is 0 Å². The predicted molar refractivity (Wildman–Crippen MR) is 73.5 cm³/mol. The van der Waals surface area contributed by atoms with E-state index in [1.165, 1.54) is 28.9 Å². The van der Waals surface area contributed by atoms with Crippen LogP contribution in [-0.2, 0) is 6.54 Å². The van der Waals surface area contributed by atoms with Crippen LogP contribution in [0.4, 0.5) is 0 Å². The Morgan fingerprint density at radius 1 is 1.41 bits per heavy atom. The zero-order valence-corrected chi connectivity index (χ0v) is 11.2. The molecule has 1 aliphatic rings. The number of aliphatic hydroxyl groups excluding tert-OH is 1. The van der Waals surface area contributed by atoms with Crippen LogP contribution in [0.5, 0.6) is 0 Å². The van der Waals surface area contributed by atoms with E-state index in [-0.39, 0.29) is 6.61 Å². The molecule has 0 aromatic heterocycles. The second kappa shape index (κ2) is 6.43. The Bertz CT molecular complexity index is 363. The maximum atomic E-state index is 8.75. The van der Waals surface area contributed by atoms with Crippen LogP contribution in [0.2, 0.25) is 0 Å². The fourth-order valence-electron chi connectivity index (χ4n) is 1.75. The van der Waals surface area contributed by atoms with Crippen molar-refractivity contribution >= 4 is 11.8 Å². The summed E-state index contributed by atoms with van der Waals surface area (Å²) in [6.45, 7) is 3.47. The topological polar surface area (TPSA) is 32.3 Å². The zero-order chi connectivity index (χ0) is 12.1. The summed E-state index contributed by atoms with van der Waals surface area (Å²) in [6.07, 6.45) is 3.55. The van der Waals surface area contributed by atoms with Crippen molar-refractivity contribution in [1.29, 1.82) is 0 Å². The van der Waals surface area contributed by atoms with Gasteiger partial charge in [0, 0.05) is 29.8 Å². The highest BCUT2D eigenvalue weighted by Gasteiger charge is 2.20. The van der Waals surface area contributed by atoms with E-state index in [0.29, 0.717) is 0 Å². The molecular weight excluding hydrogens is 230 g/mol. The molecule has 0 heterocycles. The number of benzene rings is 1. The Labute approximate surface area is 108 Å². The van der Waals surface area contributed by atoms with Gasteiger partial charge in [-0.15, -0.1) is 11.8 Å². The van der Waals surface area contributed by atoms with Crippen molar-refractivity contribution < 1.29 is 5.11 Å². The first kappa shape index (κ1) is 12.9. The third kappa shape index (κ3) is 4.34. The lowest BCUT2D eigenvalue weighted by molar-refractivity contribution is 0.296. The van der Waals surface area contributed by atoms with Crippen molar-refractivity contribution in [2.45, 2.75) is 43.7 Å². The molecule has 0 atom stereocenters. The molecule has 2 rings (SSSR count). The van der Waals surface area contributed by atoms with Gasteiger partial charge in [-0.1, -0.05) is 6.07 Å². The predicted octanol–water partition coefficient (Wildman–Crippen LogP) is 2.72. The minimum Gasteiger partial charge on any atom is -0.396 e. The molecule has 0 bridgehead atoms. The van der Waals surface area contributed by atoms with Crippen molar-refractivity contribution in [1.82, 2.24) is 5.32 Å². The largest absolute Gasteiger partial charge is 0.396 e. The Kier molecular flexibility index (Phi) is 4.89. The molecule has 94 valence electrons. The van der Waals surface area contributed by atoms with Crippen molar-refractivity contribution in [2.24, 2.45) is 0 Å². The van der Waals surface area contributed by atoms with Crippen molar-refractivity contribution in [3.05, 3.63) is 29.3 Å². The molecule has 3 heteroatoms. The Morgan fingerprint density at radius 2 is 2.24 bits per heavy atom.